The highest BCUT2D eigenvalue weighted by Crippen LogP contribution is 2.27. The van der Waals surface area contributed by atoms with Crippen LogP contribution in [0.3, 0.4) is 0 Å². The highest BCUT2D eigenvalue weighted by molar-refractivity contribution is 7.89. The Morgan fingerprint density at radius 3 is 2.62 bits per heavy atom. The van der Waals surface area contributed by atoms with Crippen molar-refractivity contribution in [3.8, 4) is 0 Å². The number of carbonyl (C=O) groups excluding carboxylic acids is 1. The van der Waals surface area contributed by atoms with Crippen LogP contribution in [-0.2, 0) is 10.0 Å². The van der Waals surface area contributed by atoms with Gasteiger partial charge in [-0.2, -0.15) is 4.31 Å². The number of halogens is 1. The number of nitrogens with zero attached hydrogens (tertiary/aromatic N) is 2. The largest absolute Gasteiger partial charge is 0.369 e. The van der Waals surface area contributed by atoms with Gasteiger partial charge in [0.2, 0.25) is 10.0 Å². The first-order valence-electron chi connectivity index (χ1n) is 8.30. The molecule has 1 aliphatic heterocycles. The molecule has 1 amide bonds. The van der Waals surface area contributed by atoms with Crippen molar-refractivity contribution in [3.63, 3.8) is 0 Å². The molecule has 1 saturated heterocycles. The number of nitrogens with one attached hydrogen (secondary N) is 1. The molecule has 0 bridgehead atoms. The van der Waals surface area contributed by atoms with Crippen LogP contribution in [0.2, 0.25) is 5.02 Å². The molecule has 3 rings (SSSR count). The van der Waals surface area contributed by atoms with Gasteiger partial charge < -0.3 is 10.2 Å². The van der Waals surface area contributed by atoms with Crippen molar-refractivity contribution >= 4 is 44.6 Å². The zero-order valence-electron chi connectivity index (χ0n) is 14.3. The van der Waals surface area contributed by atoms with Gasteiger partial charge in [-0.3, -0.25) is 4.79 Å². The Hall–Kier alpha value is -1.61. The van der Waals surface area contributed by atoms with Crippen molar-refractivity contribution in [2.24, 2.45) is 0 Å². The van der Waals surface area contributed by atoms with E-state index in [1.54, 1.807) is 12.3 Å². The van der Waals surface area contributed by atoms with Crippen LogP contribution in [0.1, 0.15) is 16.6 Å². The third kappa shape index (κ3) is 3.88. The molecule has 9 heteroatoms. The lowest BCUT2D eigenvalue weighted by atomic mass is 10.2. The number of amides is 1. The van der Waals surface area contributed by atoms with Gasteiger partial charge in [0.25, 0.3) is 5.91 Å². The molecule has 0 saturated carbocycles. The number of piperazine rings is 1. The van der Waals surface area contributed by atoms with Gasteiger partial charge >= 0.3 is 0 Å². The summed E-state index contributed by atoms with van der Waals surface area (Å²) in [5, 5.41) is 4.96. The maximum absolute atomic E-state index is 13.0. The van der Waals surface area contributed by atoms with E-state index in [-0.39, 0.29) is 15.7 Å². The Bertz CT molecular complexity index is 890. The van der Waals surface area contributed by atoms with E-state index in [0.717, 1.165) is 17.0 Å². The molecule has 0 spiro atoms. The minimum Gasteiger partial charge on any atom is -0.369 e. The molecule has 6 nitrogen and oxygen atoms in total. The van der Waals surface area contributed by atoms with Crippen molar-refractivity contribution in [1.82, 2.24) is 9.62 Å². The highest BCUT2D eigenvalue weighted by atomic mass is 35.5. The summed E-state index contributed by atoms with van der Waals surface area (Å²) in [7, 11) is -3.70. The van der Waals surface area contributed by atoms with Gasteiger partial charge in [0.15, 0.2) is 0 Å². The summed E-state index contributed by atoms with van der Waals surface area (Å²) in [6, 6.07) is 9.03. The Kier molecular flexibility index (Phi) is 5.86. The lowest BCUT2D eigenvalue weighted by molar-refractivity contribution is 0.0956. The number of rotatable bonds is 5. The van der Waals surface area contributed by atoms with Gasteiger partial charge in [-0.25, -0.2) is 8.42 Å². The minimum atomic E-state index is -3.70. The molecule has 0 radical (unpaired) electrons. The summed E-state index contributed by atoms with van der Waals surface area (Å²) in [6.45, 7) is 4.11. The zero-order valence-corrected chi connectivity index (χ0v) is 16.7. The van der Waals surface area contributed by atoms with E-state index in [9.17, 15) is 13.2 Å². The molecule has 0 aliphatic carbocycles. The molecule has 1 aromatic carbocycles. The number of anilines is 1. The van der Waals surface area contributed by atoms with Crippen LogP contribution in [0.4, 0.5) is 5.69 Å². The quantitative estimate of drug-likeness (QED) is 0.818. The first-order valence-corrected chi connectivity index (χ1v) is 11.0. The monoisotopic (exact) mass is 413 g/mol. The van der Waals surface area contributed by atoms with E-state index >= 15 is 0 Å². The van der Waals surface area contributed by atoms with Crippen molar-refractivity contribution in [2.45, 2.75) is 11.8 Å². The number of carbonyl (C=O) groups is 1. The highest BCUT2D eigenvalue weighted by Gasteiger charge is 2.32. The summed E-state index contributed by atoms with van der Waals surface area (Å²) in [5.41, 5.74) is 0.980. The molecule has 140 valence electrons. The average Bonchev–Trinajstić information content (AvgIpc) is 3.13. The third-order valence-corrected chi connectivity index (χ3v) is 7.42. The summed E-state index contributed by atoms with van der Waals surface area (Å²) in [4.78, 5) is 14.6. The van der Waals surface area contributed by atoms with Crippen LogP contribution >= 0.6 is 22.9 Å². The number of sulfonamides is 1. The van der Waals surface area contributed by atoms with Crippen LogP contribution in [0.15, 0.2) is 40.6 Å². The molecule has 0 unspecified atom stereocenters. The van der Waals surface area contributed by atoms with Crippen molar-refractivity contribution in [1.29, 1.82) is 0 Å². The number of thiophene rings is 1. The molecular formula is C17H20ClN3O3S2. The van der Waals surface area contributed by atoms with Crippen molar-refractivity contribution in [3.05, 3.63) is 45.6 Å². The summed E-state index contributed by atoms with van der Waals surface area (Å²) in [5.74, 6) is -0.348. The van der Waals surface area contributed by atoms with E-state index in [1.807, 2.05) is 24.3 Å². The number of hydrogen-bond donors (Lipinski definition) is 1. The molecule has 1 aromatic heterocycles. The molecule has 2 heterocycles. The fourth-order valence-corrected chi connectivity index (χ4v) is 5.83. The van der Waals surface area contributed by atoms with Gasteiger partial charge in [-0.05, 0) is 36.6 Å². The van der Waals surface area contributed by atoms with Crippen LogP contribution in [0.5, 0.6) is 0 Å². The Morgan fingerprint density at radius 1 is 1.23 bits per heavy atom. The number of hydrogen-bond acceptors (Lipinski definition) is 5. The predicted octanol–water partition coefficient (Wildman–Crippen LogP) is 2.66. The van der Waals surface area contributed by atoms with E-state index < -0.39 is 10.0 Å². The first-order chi connectivity index (χ1) is 12.4. The van der Waals surface area contributed by atoms with Crippen LogP contribution in [0.25, 0.3) is 0 Å². The molecule has 1 N–H and O–H groups in total. The van der Waals surface area contributed by atoms with Crippen LogP contribution in [-0.4, -0.2) is 51.4 Å². The fraction of sp³-hybridized carbons (Fsp3) is 0.353. The van der Waals surface area contributed by atoms with Crippen LogP contribution < -0.4 is 10.2 Å². The molecule has 26 heavy (non-hydrogen) atoms. The molecule has 2 aromatic rings. The Balaban J connectivity index is 1.75. The second kappa shape index (κ2) is 7.96. The lowest BCUT2D eigenvalue weighted by Crippen LogP contribution is -2.48. The second-order valence-electron chi connectivity index (χ2n) is 5.84. The predicted molar refractivity (Wildman–Crippen MR) is 105 cm³/mol. The minimum absolute atomic E-state index is 0.0876. The van der Waals surface area contributed by atoms with Gasteiger partial charge in [0.1, 0.15) is 9.77 Å². The molecular weight excluding hydrogens is 394 g/mol. The summed E-state index contributed by atoms with van der Waals surface area (Å²) in [6.07, 6.45) is 0. The molecule has 0 atom stereocenters. The van der Waals surface area contributed by atoms with Crippen LogP contribution in [0, 0.1) is 0 Å². The fourth-order valence-electron chi connectivity index (χ4n) is 2.91. The molecule has 1 fully saturated rings. The van der Waals surface area contributed by atoms with E-state index in [1.165, 1.54) is 10.4 Å². The average molecular weight is 414 g/mol. The maximum Gasteiger partial charge on any atom is 0.262 e. The zero-order chi connectivity index (χ0) is 18.7. The van der Waals surface area contributed by atoms with Crippen molar-refractivity contribution in [2.75, 3.05) is 37.6 Å². The normalized spacial score (nSPS) is 15.8. The van der Waals surface area contributed by atoms with Gasteiger partial charge in [0, 0.05) is 43.4 Å². The lowest BCUT2D eigenvalue weighted by Gasteiger charge is -2.35. The molecule has 1 aliphatic rings. The Morgan fingerprint density at radius 2 is 1.96 bits per heavy atom. The van der Waals surface area contributed by atoms with Gasteiger partial charge in [-0.15, -0.1) is 11.3 Å². The second-order valence-corrected chi connectivity index (χ2v) is 9.10. The number of benzene rings is 1. The third-order valence-electron chi connectivity index (χ3n) is 4.20. The SMILES string of the molecule is CCNC(=O)c1sccc1S(=O)(=O)N1CCN(c2cccc(Cl)c2)CC1. The smallest absolute Gasteiger partial charge is 0.262 e. The standard InChI is InChI=1S/C17H20ClN3O3S2/c1-2-19-17(22)16-15(6-11-25-16)26(23,24)21-9-7-20(8-10-21)14-5-3-4-13(18)12-14/h3-6,11-12H,2,7-10H2,1H3,(H,19,22). The summed E-state index contributed by atoms with van der Waals surface area (Å²) >= 11 is 7.18. The van der Waals surface area contributed by atoms with Gasteiger partial charge in [0.05, 0.1) is 0 Å². The van der Waals surface area contributed by atoms with E-state index in [2.05, 4.69) is 10.2 Å². The first kappa shape index (κ1) is 19.2. The summed E-state index contributed by atoms with van der Waals surface area (Å²) < 4.78 is 27.4. The van der Waals surface area contributed by atoms with Gasteiger partial charge in [-0.1, -0.05) is 17.7 Å². The topological polar surface area (TPSA) is 69.7 Å². The van der Waals surface area contributed by atoms with E-state index in [4.69, 9.17) is 11.6 Å². The maximum atomic E-state index is 13.0. The Labute approximate surface area is 162 Å². The van der Waals surface area contributed by atoms with E-state index in [0.29, 0.717) is 37.7 Å². The van der Waals surface area contributed by atoms with Crippen molar-refractivity contribution < 1.29 is 13.2 Å².